The number of hydrogen-bond acceptors (Lipinski definition) is 6. The summed E-state index contributed by atoms with van der Waals surface area (Å²) in [5, 5.41) is 0. The van der Waals surface area contributed by atoms with Crippen molar-refractivity contribution >= 4 is 13.8 Å². The molecule has 8 nitrogen and oxygen atoms in total. The predicted octanol–water partition coefficient (Wildman–Crippen LogP) is 12.1. The molecule has 0 aromatic carbocycles. The van der Waals surface area contributed by atoms with Crippen LogP contribution in [-0.2, 0) is 27.9 Å². The minimum absolute atomic E-state index is 0.0936. The fraction of sp³-hybridized carbons (Fsp3) is 0.976. The number of unbranched alkanes of at least 4 members (excludes halogenated alkanes) is 26. The van der Waals surface area contributed by atoms with Crippen molar-refractivity contribution in [2.24, 2.45) is 0 Å². The van der Waals surface area contributed by atoms with Crippen LogP contribution in [0, 0.1) is 0 Å². The molecule has 0 aromatic rings. The quantitative estimate of drug-likeness (QED) is 0.0290. The van der Waals surface area contributed by atoms with E-state index in [2.05, 4.69) is 13.8 Å². The van der Waals surface area contributed by atoms with Gasteiger partial charge < -0.3 is 18.9 Å². The van der Waals surface area contributed by atoms with Gasteiger partial charge in [0, 0.05) is 13.0 Å². The second-order valence-corrected chi connectivity index (χ2v) is 17.2. The summed E-state index contributed by atoms with van der Waals surface area (Å²) in [6.45, 7) is 5.66. The minimum Gasteiger partial charge on any atom is -0.457 e. The Morgan fingerprint density at radius 3 is 1.32 bits per heavy atom. The Bertz CT molecular complexity index is 777. The number of nitrogens with zero attached hydrogens (tertiary/aromatic N) is 1. The molecule has 9 heteroatoms. The van der Waals surface area contributed by atoms with Crippen LogP contribution in [0.25, 0.3) is 0 Å². The van der Waals surface area contributed by atoms with E-state index in [1.807, 2.05) is 21.1 Å². The molecule has 1 N–H and O–H groups in total. The third kappa shape index (κ3) is 38.7. The number of ether oxygens (including phenoxy) is 2. The Labute approximate surface area is 310 Å². The zero-order valence-corrected chi connectivity index (χ0v) is 34.8. The summed E-state index contributed by atoms with van der Waals surface area (Å²) in [6, 6.07) is 0. The lowest BCUT2D eigenvalue weighted by Crippen LogP contribution is -2.37. The van der Waals surface area contributed by atoms with Gasteiger partial charge in [0.05, 0.1) is 34.4 Å². The molecule has 0 saturated heterocycles. The largest absolute Gasteiger partial charge is 0.472 e. The minimum atomic E-state index is -4.26. The Balaban J connectivity index is 4.17. The van der Waals surface area contributed by atoms with E-state index in [4.69, 9.17) is 18.5 Å². The monoisotopic (exact) mass is 735 g/mol. The van der Waals surface area contributed by atoms with Crippen molar-refractivity contribution in [3.05, 3.63) is 0 Å². The summed E-state index contributed by atoms with van der Waals surface area (Å²) in [7, 11) is 1.68. The van der Waals surface area contributed by atoms with Gasteiger partial charge in [-0.25, -0.2) is 4.57 Å². The lowest BCUT2D eigenvalue weighted by atomic mass is 10.0. The lowest BCUT2D eigenvalue weighted by Gasteiger charge is -2.24. The molecule has 2 atom stereocenters. The molecule has 0 fully saturated rings. The summed E-state index contributed by atoms with van der Waals surface area (Å²) in [5.41, 5.74) is 0. The van der Waals surface area contributed by atoms with Crippen LogP contribution in [0.15, 0.2) is 0 Å². The maximum absolute atomic E-state index is 12.6. The molecule has 0 spiro atoms. The lowest BCUT2D eigenvalue weighted by molar-refractivity contribution is -0.870. The normalized spacial score (nSPS) is 13.8. The van der Waals surface area contributed by atoms with Crippen LogP contribution in [0.2, 0.25) is 0 Å². The highest BCUT2D eigenvalue weighted by molar-refractivity contribution is 7.47. The zero-order chi connectivity index (χ0) is 37.0. The van der Waals surface area contributed by atoms with Gasteiger partial charge in [-0.2, -0.15) is 0 Å². The first kappa shape index (κ1) is 49.5. The highest BCUT2D eigenvalue weighted by Crippen LogP contribution is 2.43. The van der Waals surface area contributed by atoms with Gasteiger partial charge in [-0.05, 0) is 12.8 Å². The number of phosphoric acid groups is 1. The van der Waals surface area contributed by atoms with E-state index in [1.165, 1.54) is 148 Å². The first-order chi connectivity index (χ1) is 24.1. The summed E-state index contributed by atoms with van der Waals surface area (Å²) >= 11 is 0. The van der Waals surface area contributed by atoms with Crippen molar-refractivity contribution in [3.63, 3.8) is 0 Å². The molecule has 300 valence electrons. The second kappa shape index (κ2) is 35.5. The van der Waals surface area contributed by atoms with Crippen molar-refractivity contribution in [1.29, 1.82) is 0 Å². The fourth-order valence-corrected chi connectivity index (χ4v) is 6.82. The molecular formula is C41H85NO7P+. The SMILES string of the molecule is CCCCCCCCCCCCCCCCCCCOCC(COP(=O)(O)OCC[N+](C)(C)C)OC(=O)CCCCCCCCCCCCC. The van der Waals surface area contributed by atoms with Crippen LogP contribution in [-0.4, -0.2) is 75.6 Å². The number of carbonyl (C=O) groups excluding carboxylic acids is 1. The predicted molar refractivity (Wildman–Crippen MR) is 211 cm³/mol. The highest BCUT2D eigenvalue weighted by Gasteiger charge is 2.26. The standard InChI is InChI=1S/C41H84NO7P/c1-6-8-10-12-14-16-18-19-20-21-22-23-25-27-29-31-33-36-46-38-40(39-48-50(44,45)47-37-35-42(3,4)5)49-41(43)34-32-30-28-26-24-17-15-13-11-9-7-2/h40H,6-39H2,1-5H3/p+1. The van der Waals surface area contributed by atoms with E-state index in [1.54, 1.807) is 0 Å². The van der Waals surface area contributed by atoms with Crippen molar-refractivity contribution in [2.45, 2.75) is 206 Å². The first-order valence-corrected chi connectivity index (χ1v) is 22.8. The number of rotatable bonds is 40. The Morgan fingerprint density at radius 2 is 0.920 bits per heavy atom. The molecule has 2 unspecified atom stereocenters. The topological polar surface area (TPSA) is 91.3 Å². The molecule has 50 heavy (non-hydrogen) atoms. The van der Waals surface area contributed by atoms with Gasteiger partial charge in [0.15, 0.2) is 0 Å². The first-order valence-electron chi connectivity index (χ1n) is 21.3. The van der Waals surface area contributed by atoms with Gasteiger partial charge in [0.25, 0.3) is 0 Å². The smallest absolute Gasteiger partial charge is 0.457 e. The van der Waals surface area contributed by atoms with Crippen LogP contribution in [0.1, 0.15) is 200 Å². The average molecular weight is 735 g/mol. The number of hydrogen-bond donors (Lipinski definition) is 1. The third-order valence-electron chi connectivity index (χ3n) is 9.42. The summed E-state index contributed by atoms with van der Waals surface area (Å²) in [5.74, 6) is -0.311. The van der Waals surface area contributed by atoms with E-state index in [0.29, 0.717) is 24.1 Å². The molecule has 0 amide bonds. The maximum Gasteiger partial charge on any atom is 0.472 e. The van der Waals surface area contributed by atoms with Crippen LogP contribution in [0.3, 0.4) is 0 Å². The van der Waals surface area contributed by atoms with Crippen LogP contribution >= 0.6 is 7.82 Å². The van der Waals surface area contributed by atoms with Crippen molar-refractivity contribution in [1.82, 2.24) is 0 Å². The molecule has 0 aliphatic heterocycles. The van der Waals surface area contributed by atoms with E-state index in [9.17, 15) is 14.3 Å². The molecule has 0 bridgehead atoms. The van der Waals surface area contributed by atoms with Crippen molar-refractivity contribution in [2.75, 3.05) is 54.1 Å². The molecule has 0 aromatic heterocycles. The van der Waals surface area contributed by atoms with E-state index >= 15 is 0 Å². The number of quaternary nitrogens is 1. The van der Waals surface area contributed by atoms with Gasteiger partial charge >= 0.3 is 13.8 Å². The van der Waals surface area contributed by atoms with Gasteiger partial charge in [-0.1, -0.05) is 181 Å². The Kier molecular flexibility index (Phi) is 35.2. The van der Waals surface area contributed by atoms with Gasteiger partial charge in [0.1, 0.15) is 19.3 Å². The van der Waals surface area contributed by atoms with E-state index in [-0.39, 0.29) is 25.8 Å². The molecule has 0 rings (SSSR count). The average Bonchev–Trinajstić information content (AvgIpc) is 3.06. The molecule has 0 heterocycles. The third-order valence-corrected chi connectivity index (χ3v) is 10.4. The molecule has 0 aliphatic rings. The van der Waals surface area contributed by atoms with Crippen LogP contribution in [0.5, 0.6) is 0 Å². The van der Waals surface area contributed by atoms with E-state index in [0.717, 1.165) is 32.1 Å². The van der Waals surface area contributed by atoms with Gasteiger partial charge in [-0.15, -0.1) is 0 Å². The highest BCUT2D eigenvalue weighted by atomic mass is 31.2. The molecule has 0 saturated carbocycles. The van der Waals surface area contributed by atoms with Crippen molar-refractivity contribution < 1.29 is 37.3 Å². The zero-order valence-electron chi connectivity index (χ0n) is 33.9. The van der Waals surface area contributed by atoms with Crippen LogP contribution < -0.4 is 0 Å². The second-order valence-electron chi connectivity index (χ2n) is 15.7. The molecule has 0 aliphatic carbocycles. The number of likely N-dealkylation sites (N-methyl/N-ethyl adjacent to an activating group) is 1. The maximum atomic E-state index is 12.6. The summed E-state index contributed by atoms with van der Waals surface area (Å²) in [6.07, 6.45) is 35.5. The van der Waals surface area contributed by atoms with Gasteiger partial charge in [-0.3, -0.25) is 13.8 Å². The van der Waals surface area contributed by atoms with Crippen molar-refractivity contribution in [3.8, 4) is 0 Å². The molecular weight excluding hydrogens is 649 g/mol. The number of phosphoric ester groups is 1. The number of carbonyl (C=O) groups is 1. The number of esters is 1. The summed E-state index contributed by atoms with van der Waals surface area (Å²) in [4.78, 5) is 22.8. The van der Waals surface area contributed by atoms with E-state index < -0.39 is 13.9 Å². The van der Waals surface area contributed by atoms with Crippen LogP contribution in [0.4, 0.5) is 0 Å². The Morgan fingerprint density at radius 1 is 0.540 bits per heavy atom. The molecule has 0 radical (unpaired) electrons. The fourth-order valence-electron chi connectivity index (χ4n) is 6.08. The Hall–Kier alpha value is -0.500. The van der Waals surface area contributed by atoms with Gasteiger partial charge in [0.2, 0.25) is 0 Å². The summed E-state index contributed by atoms with van der Waals surface area (Å²) < 4.78 is 34.9.